The van der Waals surface area contributed by atoms with Crippen LogP contribution in [0.3, 0.4) is 0 Å². The third-order valence-corrected chi connectivity index (χ3v) is 1.71. The van der Waals surface area contributed by atoms with E-state index < -0.39 is 0 Å². The van der Waals surface area contributed by atoms with Crippen molar-refractivity contribution >= 4 is 0 Å². The van der Waals surface area contributed by atoms with Gasteiger partial charge in [-0.15, -0.1) is 0 Å². The van der Waals surface area contributed by atoms with Crippen LogP contribution in [0.4, 0.5) is 0 Å². The Kier molecular flexibility index (Phi) is 2.11. The summed E-state index contributed by atoms with van der Waals surface area (Å²) in [6.45, 7) is 5.66. The van der Waals surface area contributed by atoms with Crippen LogP contribution in [0, 0.1) is 5.92 Å². The molecule has 0 atom stereocenters. The zero-order valence-electron chi connectivity index (χ0n) is 5.56. The van der Waals surface area contributed by atoms with Crippen LogP contribution in [0.1, 0.15) is 12.8 Å². The highest BCUT2D eigenvalue weighted by atomic mass is 16.3. The average Bonchev–Trinajstić information content (AvgIpc) is 1.60. The predicted octanol–water partition coefficient (Wildman–Crippen LogP) is 1.06. The molecule has 0 spiro atoms. The molecule has 0 bridgehead atoms. The van der Waals surface area contributed by atoms with Crippen LogP contribution in [0.25, 0.3) is 0 Å². The maximum Gasteiger partial charge on any atom is 0.0851 e. The lowest BCUT2D eigenvalue weighted by Gasteiger charge is -2.26. The molecule has 0 aromatic heterocycles. The molecule has 1 aliphatic rings. The summed E-state index contributed by atoms with van der Waals surface area (Å²) in [5, 5.41) is 11.9. The monoisotopic (exact) mass is 127 g/mol. The van der Waals surface area contributed by atoms with E-state index in [0.717, 1.165) is 31.8 Å². The zero-order chi connectivity index (χ0) is 6.69. The molecule has 52 valence electrons. The van der Waals surface area contributed by atoms with Gasteiger partial charge in [0.25, 0.3) is 0 Å². The standard InChI is InChI=1S/C7H13NO/c1-6(9)2-3-7-4-8-5-7/h7-9H,1-5H2. The van der Waals surface area contributed by atoms with Crippen LogP contribution < -0.4 is 5.32 Å². The topological polar surface area (TPSA) is 32.3 Å². The molecule has 1 heterocycles. The quantitative estimate of drug-likeness (QED) is 0.555. The molecule has 9 heavy (non-hydrogen) atoms. The highest BCUT2D eigenvalue weighted by Gasteiger charge is 2.15. The maximum absolute atomic E-state index is 8.71. The summed E-state index contributed by atoms with van der Waals surface area (Å²) in [5.74, 6) is 1.11. The zero-order valence-corrected chi connectivity index (χ0v) is 5.56. The molecule has 2 nitrogen and oxygen atoms in total. The molecular formula is C7H13NO. The molecule has 2 N–H and O–H groups in total. The Bertz CT molecular complexity index is 107. The number of allylic oxidation sites excluding steroid dienone is 1. The number of aliphatic hydroxyl groups is 1. The highest BCUT2D eigenvalue weighted by Crippen LogP contribution is 2.12. The second-order valence-electron chi connectivity index (χ2n) is 2.63. The molecule has 0 unspecified atom stereocenters. The van der Waals surface area contributed by atoms with Gasteiger partial charge in [-0.2, -0.15) is 0 Å². The molecular weight excluding hydrogens is 114 g/mol. The molecule has 1 fully saturated rings. The highest BCUT2D eigenvalue weighted by molar-refractivity contribution is 4.83. The van der Waals surface area contributed by atoms with E-state index in [4.69, 9.17) is 5.11 Å². The van der Waals surface area contributed by atoms with Crippen LogP contribution in [0.2, 0.25) is 0 Å². The van der Waals surface area contributed by atoms with E-state index in [0.29, 0.717) is 5.76 Å². The number of hydrogen-bond acceptors (Lipinski definition) is 2. The van der Waals surface area contributed by atoms with E-state index in [2.05, 4.69) is 11.9 Å². The summed E-state index contributed by atoms with van der Waals surface area (Å²) in [4.78, 5) is 0. The summed E-state index contributed by atoms with van der Waals surface area (Å²) in [6.07, 6.45) is 1.86. The van der Waals surface area contributed by atoms with Crippen molar-refractivity contribution in [3.8, 4) is 0 Å². The van der Waals surface area contributed by atoms with Crippen molar-refractivity contribution in [1.82, 2.24) is 5.32 Å². The van der Waals surface area contributed by atoms with E-state index in [1.54, 1.807) is 0 Å². The molecule has 1 saturated heterocycles. The Morgan fingerprint density at radius 2 is 2.33 bits per heavy atom. The summed E-state index contributed by atoms with van der Waals surface area (Å²) in [5.41, 5.74) is 0. The lowest BCUT2D eigenvalue weighted by Crippen LogP contribution is -2.41. The van der Waals surface area contributed by atoms with Crippen molar-refractivity contribution in [2.75, 3.05) is 13.1 Å². The number of rotatable bonds is 3. The lowest BCUT2D eigenvalue weighted by molar-refractivity contribution is 0.301. The van der Waals surface area contributed by atoms with Gasteiger partial charge in [0, 0.05) is 6.42 Å². The Balaban J connectivity index is 1.97. The molecule has 0 radical (unpaired) electrons. The second kappa shape index (κ2) is 2.87. The predicted molar refractivity (Wildman–Crippen MR) is 37.4 cm³/mol. The van der Waals surface area contributed by atoms with Crippen LogP contribution in [0.5, 0.6) is 0 Å². The maximum atomic E-state index is 8.71. The van der Waals surface area contributed by atoms with Gasteiger partial charge in [-0.1, -0.05) is 6.58 Å². The third kappa shape index (κ3) is 2.06. The molecule has 0 amide bonds. The SMILES string of the molecule is C=C(O)CCC1CNC1. The van der Waals surface area contributed by atoms with Gasteiger partial charge in [0.05, 0.1) is 5.76 Å². The first kappa shape index (κ1) is 6.62. The van der Waals surface area contributed by atoms with Crippen molar-refractivity contribution in [1.29, 1.82) is 0 Å². The van der Waals surface area contributed by atoms with Crippen LogP contribution in [-0.2, 0) is 0 Å². The lowest BCUT2D eigenvalue weighted by atomic mass is 9.97. The molecule has 0 saturated carbocycles. The molecule has 1 aliphatic heterocycles. The largest absolute Gasteiger partial charge is 0.513 e. The van der Waals surface area contributed by atoms with Gasteiger partial charge >= 0.3 is 0 Å². The van der Waals surface area contributed by atoms with Crippen molar-refractivity contribution in [2.24, 2.45) is 5.92 Å². The minimum absolute atomic E-state index is 0.321. The fourth-order valence-electron chi connectivity index (χ4n) is 0.923. The smallest absolute Gasteiger partial charge is 0.0851 e. The van der Waals surface area contributed by atoms with Gasteiger partial charge in [-0.05, 0) is 25.4 Å². The van der Waals surface area contributed by atoms with E-state index >= 15 is 0 Å². The number of hydrogen-bond donors (Lipinski definition) is 2. The average molecular weight is 127 g/mol. The Morgan fingerprint density at radius 3 is 2.67 bits per heavy atom. The van der Waals surface area contributed by atoms with Gasteiger partial charge in [-0.3, -0.25) is 0 Å². The summed E-state index contributed by atoms with van der Waals surface area (Å²) in [6, 6.07) is 0. The minimum Gasteiger partial charge on any atom is -0.513 e. The van der Waals surface area contributed by atoms with Crippen molar-refractivity contribution in [2.45, 2.75) is 12.8 Å². The van der Waals surface area contributed by atoms with Gasteiger partial charge in [0.1, 0.15) is 0 Å². The van der Waals surface area contributed by atoms with E-state index in [-0.39, 0.29) is 0 Å². The van der Waals surface area contributed by atoms with E-state index in [1.165, 1.54) is 0 Å². The molecule has 0 aliphatic carbocycles. The summed E-state index contributed by atoms with van der Waals surface area (Å²) >= 11 is 0. The Hall–Kier alpha value is -0.500. The van der Waals surface area contributed by atoms with Crippen LogP contribution in [-0.4, -0.2) is 18.2 Å². The fraction of sp³-hybridized carbons (Fsp3) is 0.714. The minimum atomic E-state index is 0.321. The van der Waals surface area contributed by atoms with Crippen molar-refractivity contribution in [3.05, 3.63) is 12.3 Å². The van der Waals surface area contributed by atoms with Crippen LogP contribution >= 0.6 is 0 Å². The first-order chi connectivity index (χ1) is 4.29. The third-order valence-electron chi connectivity index (χ3n) is 1.71. The van der Waals surface area contributed by atoms with Gasteiger partial charge < -0.3 is 10.4 Å². The van der Waals surface area contributed by atoms with E-state index in [1.807, 2.05) is 0 Å². The second-order valence-corrected chi connectivity index (χ2v) is 2.63. The summed E-state index contributed by atoms with van der Waals surface area (Å²) < 4.78 is 0. The molecule has 0 aromatic rings. The Labute approximate surface area is 55.6 Å². The molecule has 2 heteroatoms. The number of aliphatic hydroxyl groups excluding tert-OH is 1. The van der Waals surface area contributed by atoms with Crippen molar-refractivity contribution < 1.29 is 5.11 Å². The first-order valence-electron chi connectivity index (χ1n) is 3.36. The summed E-state index contributed by atoms with van der Waals surface area (Å²) in [7, 11) is 0. The molecule has 0 aromatic carbocycles. The van der Waals surface area contributed by atoms with Gasteiger partial charge in [0.15, 0.2) is 0 Å². The molecule has 1 rings (SSSR count). The Morgan fingerprint density at radius 1 is 1.67 bits per heavy atom. The number of nitrogens with one attached hydrogen (secondary N) is 1. The van der Waals surface area contributed by atoms with Gasteiger partial charge in [0.2, 0.25) is 0 Å². The van der Waals surface area contributed by atoms with Gasteiger partial charge in [-0.25, -0.2) is 0 Å². The normalized spacial score (nSPS) is 19.1. The first-order valence-corrected chi connectivity index (χ1v) is 3.36. The van der Waals surface area contributed by atoms with Crippen LogP contribution in [0.15, 0.2) is 12.3 Å². The van der Waals surface area contributed by atoms with E-state index in [9.17, 15) is 0 Å². The van der Waals surface area contributed by atoms with Crippen molar-refractivity contribution in [3.63, 3.8) is 0 Å². The fourth-order valence-corrected chi connectivity index (χ4v) is 0.923.